The third-order valence-electron chi connectivity index (χ3n) is 2.56. The van der Waals surface area contributed by atoms with Crippen LogP contribution < -0.4 is 5.73 Å². The lowest BCUT2D eigenvalue weighted by molar-refractivity contribution is 0.347. The summed E-state index contributed by atoms with van der Waals surface area (Å²) in [5.74, 6) is 0.635. The van der Waals surface area contributed by atoms with E-state index < -0.39 is 0 Å². The van der Waals surface area contributed by atoms with E-state index in [1.165, 1.54) is 18.4 Å². The minimum atomic E-state index is 0.414. The topological polar surface area (TPSA) is 26.0 Å². The first-order valence-corrected chi connectivity index (χ1v) is 4.18. The van der Waals surface area contributed by atoms with Gasteiger partial charge in [-0.05, 0) is 24.3 Å². The lowest BCUT2D eigenvalue weighted by Crippen LogP contribution is -2.37. The van der Waals surface area contributed by atoms with Gasteiger partial charge in [-0.15, -0.1) is 0 Å². The van der Waals surface area contributed by atoms with Gasteiger partial charge in [-0.1, -0.05) is 30.3 Å². The highest BCUT2D eigenvalue weighted by Gasteiger charge is 2.28. The van der Waals surface area contributed by atoms with Crippen LogP contribution in [0.4, 0.5) is 0 Å². The summed E-state index contributed by atoms with van der Waals surface area (Å²) in [7, 11) is 0. The van der Waals surface area contributed by atoms with E-state index in [2.05, 4.69) is 24.3 Å². The van der Waals surface area contributed by atoms with Crippen molar-refractivity contribution in [2.45, 2.75) is 24.8 Å². The Bertz CT molecular complexity index is 230. The SMILES string of the molecule is N[C@@H]1CCC1c1ccccc1. The van der Waals surface area contributed by atoms with Crippen LogP contribution >= 0.6 is 0 Å². The second kappa shape index (κ2) is 2.67. The van der Waals surface area contributed by atoms with E-state index in [1.54, 1.807) is 0 Å². The molecule has 1 aromatic rings. The molecule has 1 saturated carbocycles. The zero-order chi connectivity index (χ0) is 7.68. The summed E-state index contributed by atoms with van der Waals surface area (Å²) < 4.78 is 0. The van der Waals surface area contributed by atoms with Crippen LogP contribution in [0.1, 0.15) is 24.3 Å². The minimum absolute atomic E-state index is 0.414. The average Bonchev–Trinajstić information content (AvgIpc) is 2.04. The molecule has 0 radical (unpaired) electrons. The van der Waals surface area contributed by atoms with Crippen LogP contribution in [0.15, 0.2) is 30.3 Å². The molecular formula is C10H13N. The van der Waals surface area contributed by atoms with E-state index in [0.717, 1.165) is 0 Å². The zero-order valence-electron chi connectivity index (χ0n) is 6.53. The van der Waals surface area contributed by atoms with Crippen LogP contribution in [-0.4, -0.2) is 6.04 Å². The molecule has 1 nitrogen and oxygen atoms in total. The van der Waals surface area contributed by atoms with Gasteiger partial charge in [-0.3, -0.25) is 0 Å². The molecule has 0 saturated heterocycles. The van der Waals surface area contributed by atoms with Crippen LogP contribution in [0.5, 0.6) is 0 Å². The Morgan fingerprint density at radius 1 is 1.09 bits per heavy atom. The Labute approximate surface area is 67.2 Å². The molecule has 11 heavy (non-hydrogen) atoms. The first-order chi connectivity index (χ1) is 5.38. The van der Waals surface area contributed by atoms with Gasteiger partial charge in [-0.2, -0.15) is 0 Å². The maximum absolute atomic E-state index is 5.85. The quantitative estimate of drug-likeness (QED) is 0.645. The van der Waals surface area contributed by atoms with Crippen molar-refractivity contribution < 1.29 is 0 Å². The lowest BCUT2D eigenvalue weighted by atomic mass is 9.76. The highest BCUT2D eigenvalue weighted by Crippen LogP contribution is 2.34. The normalized spacial score (nSPS) is 29.5. The molecule has 58 valence electrons. The van der Waals surface area contributed by atoms with Crippen molar-refractivity contribution in [2.24, 2.45) is 5.73 Å². The largest absolute Gasteiger partial charge is 0.327 e. The predicted octanol–water partition coefficient (Wildman–Crippen LogP) is 1.89. The van der Waals surface area contributed by atoms with E-state index in [9.17, 15) is 0 Å². The van der Waals surface area contributed by atoms with Gasteiger partial charge in [-0.25, -0.2) is 0 Å². The number of rotatable bonds is 1. The molecule has 0 aromatic heterocycles. The molecule has 2 rings (SSSR count). The number of hydrogen-bond acceptors (Lipinski definition) is 1. The number of benzene rings is 1. The Morgan fingerprint density at radius 3 is 2.27 bits per heavy atom. The second-order valence-electron chi connectivity index (χ2n) is 3.26. The Morgan fingerprint density at radius 2 is 1.82 bits per heavy atom. The molecule has 0 amide bonds. The summed E-state index contributed by atoms with van der Waals surface area (Å²) in [6.45, 7) is 0. The highest BCUT2D eigenvalue weighted by atomic mass is 14.7. The monoisotopic (exact) mass is 147 g/mol. The molecular weight excluding hydrogens is 134 g/mol. The fourth-order valence-corrected chi connectivity index (χ4v) is 1.64. The average molecular weight is 147 g/mol. The van der Waals surface area contributed by atoms with Crippen LogP contribution in [0.3, 0.4) is 0 Å². The van der Waals surface area contributed by atoms with Gasteiger partial charge in [0.2, 0.25) is 0 Å². The van der Waals surface area contributed by atoms with Crippen LogP contribution in [-0.2, 0) is 0 Å². The van der Waals surface area contributed by atoms with E-state index in [1.807, 2.05) is 6.07 Å². The summed E-state index contributed by atoms with van der Waals surface area (Å²) in [6, 6.07) is 11.0. The molecule has 0 bridgehead atoms. The van der Waals surface area contributed by atoms with Crippen molar-refractivity contribution in [3.05, 3.63) is 35.9 Å². The Balaban J connectivity index is 2.17. The molecule has 2 atom stereocenters. The number of hydrogen-bond donors (Lipinski definition) is 1. The van der Waals surface area contributed by atoms with Crippen molar-refractivity contribution in [2.75, 3.05) is 0 Å². The van der Waals surface area contributed by atoms with Gasteiger partial charge in [0, 0.05) is 6.04 Å². The van der Waals surface area contributed by atoms with Crippen LogP contribution in [0, 0.1) is 0 Å². The second-order valence-corrected chi connectivity index (χ2v) is 3.26. The fraction of sp³-hybridized carbons (Fsp3) is 0.400. The standard InChI is InChI=1S/C10H13N/c11-10-7-6-9(10)8-4-2-1-3-5-8/h1-5,9-10H,6-7,11H2/t9?,10-/m1/s1. The summed E-state index contributed by atoms with van der Waals surface area (Å²) in [4.78, 5) is 0. The summed E-state index contributed by atoms with van der Waals surface area (Å²) in [5, 5.41) is 0. The van der Waals surface area contributed by atoms with Crippen molar-refractivity contribution >= 4 is 0 Å². The maximum Gasteiger partial charge on any atom is 0.0108 e. The molecule has 1 aliphatic rings. The molecule has 1 fully saturated rings. The van der Waals surface area contributed by atoms with Crippen molar-refractivity contribution in [1.29, 1.82) is 0 Å². The molecule has 1 aliphatic carbocycles. The molecule has 1 unspecified atom stereocenters. The van der Waals surface area contributed by atoms with E-state index in [0.29, 0.717) is 12.0 Å². The molecule has 2 N–H and O–H groups in total. The first kappa shape index (κ1) is 6.86. The van der Waals surface area contributed by atoms with Crippen molar-refractivity contribution in [3.63, 3.8) is 0 Å². The highest BCUT2D eigenvalue weighted by molar-refractivity contribution is 5.23. The van der Waals surface area contributed by atoms with Crippen molar-refractivity contribution in [3.8, 4) is 0 Å². The van der Waals surface area contributed by atoms with E-state index in [4.69, 9.17) is 5.73 Å². The van der Waals surface area contributed by atoms with Gasteiger partial charge in [0.25, 0.3) is 0 Å². The Hall–Kier alpha value is -0.820. The summed E-state index contributed by atoms with van der Waals surface area (Å²) in [5.41, 5.74) is 7.26. The van der Waals surface area contributed by atoms with E-state index >= 15 is 0 Å². The minimum Gasteiger partial charge on any atom is -0.327 e. The molecule has 0 aliphatic heterocycles. The third-order valence-corrected chi connectivity index (χ3v) is 2.56. The maximum atomic E-state index is 5.85. The van der Waals surface area contributed by atoms with Gasteiger partial charge in [0.15, 0.2) is 0 Å². The van der Waals surface area contributed by atoms with Gasteiger partial charge < -0.3 is 5.73 Å². The first-order valence-electron chi connectivity index (χ1n) is 4.18. The molecule has 1 heteroatoms. The van der Waals surface area contributed by atoms with Crippen LogP contribution in [0.25, 0.3) is 0 Å². The smallest absolute Gasteiger partial charge is 0.0108 e. The van der Waals surface area contributed by atoms with Gasteiger partial charge in [0.05, 0.1) is 0 Å². The molecule has 1 aromatic carbocycles. The van der Waals surface area contributed by atoms with Crippen LogP contribution in [0.2, 0.25) is 0 Å². The number of nitrogens with two attached hydrogens (primary N) is 1. The van der Waals surface area contributed by atoms with Gasteiger partial charge in [0.1, 0.15) is 0 Å². The Kier molecular flexibility index (Phi) is 1.66. The summed E-state index contributed by atoms with van der Waals surface area (Å²) in [6.07, 6.45) is 2.46. The zero-order valence-corrected chi connectivity index (χ0v) is 6.53. The van der Waals surface area contributed by atoms with E-state index in [-0.39, 0.29) is 0 Å². The molecule has 0 heterocycles. The summed E-state index contributed by atoms with van der Waals surface area (Å²) >= 11 is 0. The van der Waals surface area contributed by atoms with Crippen molar-refractivity contribution in [1.82, 2.24) is 0 Å². The van der Waals surface area contributed by atoms with Gasteiger partial charge >= 0.3 is 0 Å². The third kappa shape index (κ3) is 1.16. The lowest BCUT2D eigenvalue weighted by Gasteiger charge is -2.33. The fourth-order valence-electron chi connectivity index (χ4n) is 1.64. The predicted molar refractivity (Wildman–Crippen MR) is 46.4 cm³/mol. The molecule has 0 spiro atoms.